The second-order valence-electron chi connectivity index (χ2n) is 8.63. The molecule has 0 aliphatic carbocycles. The monoisotopic (exact) mass is 471 g/mol. The van der Waals surface area contributed by atoms with E-state index in [-0.39, 0.29) is 11.3 Å². The number of carbonyl (C=O) groups is 1. The molecule has 176 valence electrons. The fourth-order valence-corrected chi connectivity index (χ4v) is 5.47. The number of hydrogen-bond acceptors (Lipinski definition) is 3. The van der Waals surface area contributed by atoms with Crippen LogP contribution in [0.1, 0.15) is 57.4 Å². The molecule has 0 N–H and O–H groups in total. The lowest BCUT2D eigenvalue weighted by atomic mass is 10.1. The Hall–Kier alpha value is -2.98. The Bertz CT molecular complexity index is 1060. The van der Waals surface area contributed by atoms with Crippen molar-refractivity contribution in [2.24, 2.45) is 0 Å². The van der Waals surface area contributed by atoms with Gasteiger partial charge in [-0.3, -0.25) is 9.69 Å². The fourth-order valence-electron chi connectivity index (χ4n) is 4.17. The minimum Gasteiger partial charge on any atom is -0.457 e. The van der Waals surface area contributed by atoms with Crippen molar-refractivity contribution in [2.75, 3.05) is 4.90 Å². The summed E-state index contributed by atoms with van der Waals surface area (Å²) < 4.78 is 5.94. The molecular formula is C30H33NO2S. The maximum atomic E-state index is 13.5. The number of anilines is 1. The smallest absolute Gasteiger partial charge is 0.265 e. The number of ether oxygens (including phenoxy) is 1. The Kier molecular flexibility index (Phi) is 8.86. The minimum atomic E-state index is 0.0848. The van der Waals surface area contributed by atoms with Gasteiger partial charge >= 0.3 is 0 Å². The van der Waals surface area contributed by atoms with E-state index in [2.05, 4.69) is 6.92 Å². The first-order valence-corrected chi connectivity index (χ1v) is 13.2. The van der Waals surface area contributed by atoms with Crippen molar-refractivity contribution in [3.8, 4) is 11.5 Å². The second kappa shape index (κ2) is 12.5. The van der Waals surface area contributed by atoms with Gasteiger partial charge in [-0.1, -0.05) is 106 Å². The van der Waals surface area contributed by atoms with E-state index in [1.54, 1.807) is 11.8 Å². The van der Waals surface area contributed by atoms with E-state index in [1.165, 1.54) is 32.1 Å². The first kappa shape index (κ1) is 24.2. The van der Waals surface area contributed by atoms with Gasteiger partial charge in [0.2, 0.25) is 0 Å². The molecule has 0 aromatic heterocycles. The molecule has 1 saturated heterocycles. The van der Waals surface area contributed by atoms with E-state index in [0.29, 0.717) is 0 Å². The van der Waals surface area contributed by atoms with Crippen molar-refractivity contribution >= 4 is 29.4 Å². The summed E-state index contributed by atoms with van der Waals surface area (Å²) in [5.41, 5.74) is 1.98. The summed E-state index contributed by atoms with van der Waals surface area (Å²) in [6.07, 6.45) is 10.5. The number of nitrogens with zero attached hydrogens (tertiary/aromatic N) is 1. The van der Waals surface area contributed by atoms with E-state index in [0.717, 1.165) is 40.5 Å². The summed E-state index contributed by atoms with van der Waals surface area (Å²) in [4.78, 5) is 16.3. The van der Waals surface area contributed by atoms with E-state index in [1.807, 2.05) is 95.9 Å². The van der Waals surface area contributed by atoms with Crippen molar-refractivity contribution in [3.63, 3.8) is 0 Å². The molecule has 3 aromatic rings. The molecular weight excluding hydrogens is 438 g/mol. The molecule has 3 aromatic carbocycles. The van der Waals surface area contributed by atoms with E-state index >= 15 is 0 Å². The van der Waals surface area contributed by atoms with Crippen molar-refractivity contribution < 1.29 is 9.53 Å². The highest BCUT2D eigenvalue weighted by Crippen LogP contribution is 2.42. The van der Waals surface area contributed by atoms with Crippen LogP contribution in [0.3, 0.4) is 0 Å². The van der Waals surface area contributed by atoms with Crippen LogP contribution in [0.5, 0.6) is 11.5 Å². The zero-order valence-electron chi connectivity index (χ0n) is 19.9. The maximum Gasteiger partial charge on any atom is 0.265 e. The zero-order valence-corrected chi connectivity index (χ0v) is 20.7. The predicted molar refractivity (Wildman–Crippen MR) is 144 cm³/mol. The number of hydrogen-bond donors (Lipinski definition) is 0. The molecule has 0 spiro atoms. The number of carbonyl (C=O) groups excluding carboxylic acids is 1. The SMILES string of the molecule is CCCCCCCCC1S/C(=C\c2ccccc2)C(=O)N1c1ccc(Oc2ccccc2)cc1. The summed E-state index contributed by atoms with van der Waals surface area (Å²) in [5.74, 6) is 1.65. The largest absolute Gasteiger partial charge is 0.457 e. The van der Waals surface area contributed by atoms with E-state index < -0.39 is 0 Å². The first-order valence-electron chi connectivity index (χ1n) is 12.3. The number of rotatable bonds is 11. The topological polar surface area (TPSA) is 29.5 Å². The van der Waals surface area contributed by atoms with Gasteiger partial charge in [0.25, 0.3) is 5.91 Å². The van der Waals surface area contributed by atoms with Crippen LogP contribution in [0.4, 0.5) is 5.69 Å². The van der Waals surface area contributed by atoms with Gasteiger partial charge in [-0.05, 0) is 54.5 Å². The molecule has 1 unspecified atom stereocenters. The zero-order chi connectivity index (χ0) is 23.6. The summed E-state index contributed by atoms with van der Waals surface area (Å²) in [6, 6.07) is 27.7. The predicted octanol–water partition coefficient (Wildman–Crippen LogP) is 8.68. The Morgan fingerprint density at radius 3 is 2.12 bits per heavy atom. The standard InChI is InChI=1S/C30H33NO2S/c1-2-3-4-5-6-13-18-29-31(30(32)28(34-29)23-24-14-9-7-10-15-24)25-19-21-27(22-20-25)33-26-16-11-8-12-17-26/h7-12,14-17,19-23,29H,2-6,13,18H2,1H3/b28-23-. The van der Waals surface area contributed by atoms with E-state index in [9.17, 15) is 4.79 Å². The summed E-state index contributed by atoms with van der Waals surface area (Å²) in [5, 5.41) is 0.120. The Balaban J connectivity index is 1.49. The first-order chi connectivity index (χ1) is 16.7. The van der Waals surface area contributed by atoms with Crippen LogP contribution in [0.2, 0.25) is 0 Å². The molecule has 1 heterocycles. The third kappa shape index (κ3) is 6.54. The quantitative estimate of drug-likeness (QED) is 0.207. The third-order valence-corrected chi connectivity index (χ3v) is 7.24. The lowest BCUT2D eigenvalue weighted by Crippen LogP contribution is -2.32. The van der Waals surface area contributed by atoms with Crippen LogP contribution in [0.25, 0.3) is 6.08 Å². The lowest BCUT2D eigenvalue weighted by Gasteiger charge is -2.23. The molecule has 1 aliphatic rings. The number of para-hydroxylation sites is 1. The van der Waals surface area contributed by atoms with Crippen molar-refractivity contribution in [2.45, 2.75) is 57.2 Å². The number of thioether (sulfide) groups is 1. The van der Waals surface area contributed by atoms with Gasteiger partial charge in [-0.25, -0.2) is 0 Å². The van der Waals surface area contributed by atoms with Crippen LogP contribution in [-0.4, -0.2) is 11.3 Å². The molecule has 1 amide bonds. The molecule has 0 radical (unpaired) electrons. The van der Waals surface area contributed by atoms with Gasteiger partial charge in [0.1, 0.15) is 11.5 Å². The third-order valence-electron chi connectivity index (χ3n) is 5.98. The Labute approximate surface area is 207 Å². The Morgan fingerprint density at radius 1 is 0.794 bits per heavy atom. The van der Waals surface area contributed by atoms with Crippen LogP contribution in [0, 0.1) is 0 Å². The van der Waals surface area contributed by atoms with Crippen LogP contribution >= 0.6 is 11.8 Å². The molecule has 34 heavy (non-hydrogen) atoms. The number of unbranched alkanes of at least 4 members (excludes halogenated alkanes) is 5. The average molecular weight is 472 g/mol. The maximum absolute atomic E-state index is 13.5. The van der Waals surface area contributed by atoms with Crippen molar-refractivity contribution in [1.82, 2.24) is 0 Å². The molecule has 1 atom stereocenters. The summed E-state index contributed by atoms with van der Waals surface area (Å²) in [6.45, 7) is 2.25. The summed E-state index contributed by atoms with van der Waals surface area (Å²) in [7, 11) is 0. The number of benzene rings is 3. The van der Waals surface area contributed by atoms with Gasteiger partial charge in [0.05, 0.1) is 10.3 Å². The molecule has 1 aliphatic heterocycles. The second-order valence-corrected chi connectivity index (χ2v) is 9.85. The average Bonchev–Trinajstić information content (AvgIpc) is 3.17. The molecule has 3 nitrogen and oxygen atoms in total. The highest BCUT2D eigenvalue weighted by atomic mass is 32.2. The molecule has 0 saturated carbocycles. The van der Waals surface area contributed by atoms with E-state index in [4.69, 9.17) is 4.74 Å². The lowest BCUT2D eigenvalue weighted by molar-refractivity contribution is -0.114. The number of amides is 1. The highest BCUT2D eigenvalue weighted by molar-refractivity contribution is 8.05. The van der Waals surface area contributed by atoms with Gasteiger partial charge in [-0.2, -0.15) is 0 Å². The van der Waals surface area contributed by atoms with Crippen molar-refractivity contribution in [1.29, 1.82) is 0 Å². The van der Waals surface area contributed by atoms with Crippen LogP contribution < -0.4 is 9.64 Å². The normalized spacial score (nSPS) is 16.9. The summed E-state index contributed by atoms with van der Waals surface area (Å²) >= 11 is 1.70. The fraction of sp³-hybridized carbons (Fsp3) is 0.300. The molecule has 1 fully saturated rings. The molecule has 4 rings (SSSR count). The molecule has 0 bridgehead atoms. The van der Waals surface area contributed by atoms with Crippen LogP contribution in [-0.2, 0) is 4.79 Å². The van der Waals surface area contributed by atoms with Crippen LogP contribution in [0.15, 0.2) is 89.8 Å². The minimum absolute atomic E-state index is 0.0848. The van der Waals surface area contributed by atoms with Gasteiger partial charge in [0.15, 0.2) is 0 Å². The Morgan fingerprint density at radius 2 is 1.41 bits per heavy atom. The van der Waals surface area contributed by atoms with Crippen molar-refractivity contribution in [3.05, 3.63) is 95.4 Å². The van der Waals surface area contributed by atoms with Gasteiger partial charge < -0.3 is 4.74 Å². The molecule has 4 heteroatoms. The highest BCUT2D eigenvalue weighted by Gasteiger charge is 2.36. The van der Waals surface area contributed by atoms with Gasteiger partial charge in [-0.15, -0.1) is 0 Å². The van der Waals surface area contributed by atoms with Gasteiger partial charge in [0, 0.05) is 5.69 Å².